The molecule has 4 heterocycles. The van der Waals surface area contributed by atoms with Gasteiger partial charge in [0, 0.05) is 31.9 Å². The molecule has 0 spiro atoms. The molecule has 2 N–H and O–H groups in total. The van der Waals surface area contributed by atoms with Gasteiger partial charge in [0.1, 0.15) is 9.97 Å². The van der Waals surface area contributed by atoms with Crippen LogP contribution in [0.1, 0.15) is 23.8 Å². The van der Waals surface area contributed by atoms with Gasteiger partial charge in [0.2, 0.25) is 0 Å². The van der Waals surface area contributed by atoms with Crippen molar-refractivity contribution < 1.29 is 27.2 Å². The number of hydrogen-bond donors (Lipinski definition) is 2. The summed E-state index contributed by atoms with van der Waals surface area (Å²) in [5.41, 5.74) is 1.74. The number of carbonyl (C=O) groups excluding carboxylic acids is 2. The van der Waals surface area contributed by atoms with Crippen LogP contribution in [0, 0.1) is 0 Å². The predicted octanol–water partition coefficient (Wildman–Crippen LogP) is 2.61. The summed E-state index contributed by atoms with van der Waals surface area (Å²) in [5.74, 6) is -0.918. The van der Waals surface area contributed by atoms with E-state index >= 15 is 0 Å². The number of rotatable bonds is 7. The number of furan rings is 1. The number of benzene rings is 1. The van der Waals surface area contributed by atoms with Gasteiger partial charge in [-0.2, -0.15) is 0 Å². The number of carbonyl (C=O) groups is 2. The Morgan fingerprint density at radius 1 is 1.05 bits per heavy atom. The fourth-order valence-electron chi connectivity index (χ4n) is 4.62. The Labute approximate surface area is 219 Å². The molecule has 10 nitrogen and oxygen atoms in total. The SMILES string of the molecule is O=C(NCC(c1ccco1)N1CCOCC1)C(=O)Nc1ccc2c(c1)N(S(=O)(=O)c1cccs1)CCC2. The number of anilines is 2. The van der Waals surface area contributed by atoms with Gasteiger partial charge >= 0.3 is 11.8 Å². The van der Waals surface area contributed by atoms with Gasteiger partial charge < -0.3 is 19.8 Å². The summed E-state index contributed by atoms with van der Waals surface area (Å²) < 4.78 is 39.0. The zero-order valence-corrected chi connectivity index (χ0v) is 21.7. The molecule has 3 aromatic rings. The van der Waals surface area contributed by atoms with Crippen LogP contribution in [0.3, 0.4) is 0 Å². The molecule has 0 aliphatic carbocycles. The minimum absolute atomic E-state index is 0.191. The van der Waals surface area contributed by atoms with Crippen molar-refractivity contribution in [1.29, 1.82) is 0 Å². The van der Waals surface area contributed by atoms with Gasteiger partial charge in [-0.1, -0.05) is 12.1 Å². The zero-order chi connectivity index (χ0) is 25.8. The number of sulfonamides is 1. The number of amides is 2. The monoisotopic (exact) mass is 544 g/mol. The second-order valence-electron chi connectivity index (χ2n) is 8.80. The van der Waals surface area contributed by atoms with E-state index in [0.717, 1.165) is 23.3 Å². The third-order valence-corrected chi connectivity index (χ3v) is 9.67. The number of hydrogen-bond acceptors (Lipinski definition) is 8. The molecule has 0 saturated carbocycles. The maximum absolute atomic E-state index is 13.2. The minimum Gasteiger partial charge on any atom is -0.468 e. The van der Waals surface area contributed by atoms with Gasteiger partial charge in [-0.15, -0.1) is 11.3 Å². The summed E-state index contributed by atoms with van der Waals surface area (Å²) in [7, 11) is -3.71. The Morgan fingerprint density at radius 3 is 2.62 bits per heavy atom. The van der Waals surface area contributed by atoms with Crippen molar-refractivity contribution in [1.82, 2.24) is 10.2 Å². The fraction of sp³-hybridized carbons (Fsp3) is 0.360. The maximum atomic E-state index is 13.2. The Morgan fingerprint density at radius 2 is 1.89 bits per heavy atom. The standard InChI is InChI=1S/C25H28N4O6S2/c30-24(26-17-21(22-5-2-12-35-22)28-10-13-34-14-11-28)25(31)27-19-8-7-18-4-1-9-29(20(18)16-19)37(32,33)23-6-3-15-36-23/h2-3,5-8,12,15-16,21H,1,4,9-11,13-14,17H2,(H,26,30)(H,27,31). The highest BCUT2D eigenvalue weighted by atomic mass is 32.2. The molecule has 12 heteroatoms. The predicted molar refractivity (Wildman–Crippen MR) is 139 cm³/mol. The molecule has 2 aliphatic heterocycles. The third kappa shape index (κ3) is 5.57. The van der Waals surface area contributed by atoms with Crippen LogP contribution < -0.4 is 14.9 Å². The Bertz CT molecular complexity index is 1340. The van der Waals surface area contributed by atoms with Crippen LogP contribution in [0.5, 0.6) is 0 Å². The Balaban J connectivity index is 1.27. The summed E-state index contributed by atoms with van der Waals surface area (Å²) in [6, 6.07) is 11.8. The molecule has 0 bridgehead atoms. The van der Waals surface area contributed by atoms with E-state index in [4.69, 9.17) is 9.15 Å². The molecule has 37 heavy (non-hydrogen) atoms. The van der Waals surface area contributed by atoms with Crippen LogP contribution in [0.15, 0.2) is 62.7 Å². The van der Waals surface area contributed by atoms with Crippen LogP contribution in [-0.2, 0) is 30.8 Å². The van der Waals surface area contributed by atoms with Crippen molar-refractivity contribution in [3.63, 3.8) is 0 Å². The second kappa shape index (κ2) is 11.1. The lowest BCUT2D eigenvalue weighted by Crippen LogP contribution is -2.45. The summed E-state index contributed by atoms with van der Waals surface area (Å²) in [5, 5.41) is 7.04. The van der Waals surface area contributed by atoms with Crippen LogP contribution in [-0.4, -0.2) is 64.5 Å². The number of nitrogens with zero attached hydrogens (tertiary/aromatic N) is 2. The molecule has 196 valence electrons. The van der Waals surface area contributed by atoms with E-state index in [0.29, 0.717) is 56.4 Å². The molecule has 1 unspecified atom stereocenters. The second-order valence-corrected chi connectivity index (χ2v) is 11.8. The van der Waals surface area contributed by atoms with Crippen molar-refractivity contribution in [2.24, 2.45) is 0 Å². The van der Waals surface area contributed by atoms with Crippen molar-refractivity contribution >= 4 is 44.5 Å². The third-order valence-electron chi connectivity index (χ3n) is 6.48. The lowest BCUT2D eigenvalue weighted by atomic mass is 10.0. The van der Waals surface area contributed by atoms with Gasteiger partial charge in [-0.3, -0.25) is 18.8 Å². The number of nitrogens with one attached hydrogen (secondary N) is 2. The molecule has 5 rings (SSSR count). The number of aryl methyl sites for hydroxylation is 1. The van der Waals surface area contributed by atoms with Crippen molar-refractivity contribution in [3.05, 3.63) is 65.4 Å². The Hall–Kier alpha value is -3.19. The molecule has 2 aromatic heterocycles. The quantitative estimate of drug-likeness (QED) is 0.439. The van der Waals surface area contributed by atoms with E-state index in [1.54, 1.807) is 48.0 Å². The topological polar surface area (TPSA) is 121 Å². The van der Waals surface area contributed by atoms with Gasteiger partial charge in [0.15, 0.2) is 0 Å². The number of fused-ring (bicyclic) bond motifs is 1. The first kappa shape index (κ1) is 25.5. The minimum atomic E-state index is -3.71. The van der Waals surface area contributed by atoms with Crippen molar-refractivity contribution in [3.8, 4) is 0 Å². The smallest absolute Gasteiger partial charge is 0.313 e. The number of thiophene rings is 1. The summed E-state index contributed by atoms with van der Waals surface area (Å²) >= 11 is 1.16. The lowest BCUT2D eigenvalue weighted by molar-refractivity contribution is -0.136. The van der Waals surface area contributed by atoms with Crippen LogP contribution in [0.25, 0.3) is 0 Å². The molecular weight excluding hydrogens is 516 g/mol. The van der Waals surface area contributed by atoms with Gasteiger partial charge in [0.25, 0.3) is 10.0 Å². The summed E-state index contributed by atoms with van der Waals surface area (Å²) in [6.45, 7) is 3.09. The highest BCUT2D eigenvalue weighted by Crippen LogP contribution is 2.35. The molecular formula is C25H28N4O6S2. The molecule has 1 aromatic carbocycles. The van der Waals surface area contributed by atoms with Gasteiger partial charge in [-0.05, 0) is 54.1 Å². The average Bonchev–Trinajstić information content (AvgIpc) is 3.64. The molecule has 0 radical (unpaired) electrons. The normalized spacial score (nSPS) is 17.1. The average molecular weight is 545 g/mol. The highest BCUT2D eigenvalue weighted by molar-refractivity contribution is 7.94. The fourth-order valence-corrected chi connectivity index (χ4v) is 7.26. The largest absolute Gasteiger partial charge is 0.468 e. The van der Waals surface area contributed by atoms with Gasteiger partial charge in [0.05, 0.1) is 31.2 Å². The first-order chi connectivity index (χ1) is 17.9. The molecule has 1 fully saturated rings. The van der Waals surface area contributed by atoms with E-state index in [1.807, 2.05) is 6.07 Å². The lowest BCUT2D eigenvalue weighted by Gasteiger charge is -2.33. The van der Waals surface area contributed by atoms with Crippen LogP contribution in [0.4, 0.5) is 11.4 Å². The molecule has 2 amide bonds. The van der Waals surface area contributed by atoms with Crippen molar-refractivity contribution in [2.75, 3.05) is 49.0 Å². The van der Waals surface area contributed by atoms with Crippen LogP contribution in [0.2, 0.25) is 0 Å². The maximum Gasteiger partial charge on any atom is 0.313 e. The first-order valence-electron chi connectivity index (χ1n) is 12.1. The van der Waals surface area contributed by atoms with Gasteiger partial charge in [-0.25, -0.2) is 8.42 Å². The van der Waals surface area contributed by atoms with Crippen molar-refractivity contribution in [2.45, 2.75) is 23.1 Å². The Kier molecular flexibility index (Phi) is 7.60. The molecule has 2 aliphatic rings. The highest BCUT2D eigenvalue weighted by Gasteiger charge is 2.31. The number of ether oxygens (including phenoxy) is 1. The van der Waals surface area contributed by atoms with E-state index < -0.39 is 21.8 Å². The summed E-state index contributed by atoms with van der Waals surface area (Å²) in [4.78, 5) is 27.5. The van der Waals surface area contributed by atoms with Crippen LogP contribution >= 0.6 is 11.3 Å². The van der Waals surface area contributed by atoms with E-state index in [2.05, 4.69) is 15.5 Å². The first-order valence-corrected chi connectivity index (χ1v) is 14.4. The number of morpholine rings is 1. The summed E-state index contributed by atoms with van der Waals surface area (Å²) in [6.07, 6.45) is 3.01. The molecule has 1 atom stereocenters. The van der Waals surface area contributed by atoms with E-state index in [1.165, 1.54) is 4.31 Å². The molecule has 1 saturated heterocycles. The van der Waals surface area contributed by atoms with E-state index in [-0.39, 0.29) is 16.8 Å². The van der Waals surface area contributed by atoms with E-state index in [9.17, 15) is 18.0 Å². The zero-order valence-electron chi connectivity index (χ0n) is 20.1.